The SMILES string of the molecule is C[C@H]1C[C@@H]2O[C@@H](CO[Si](c3ccccc3)(c3ccccc3)C(C)(C)C)C[C@@H]2O[C@]12CC[C@]1(C=CC[C@@H](C=O)O1)O2. The number of carbonyl (C=O) groups is 1. The van der Waals surface area contributed by atoms with Gasteiger partial charge in [-0.1, -0.05) is 94.4 Å². The zero-order valence-corrected chi connectivity index (χ0v) is 25.1. The summed E-state index contributed by atoms with van der Waals surface area (Å²) in [7, 11) is -2.65. The first-order valence-electron chi connectivity index (χ1n) is 14.8. The normalized spacial score (nSPS) is 35.8. The second-order valence-corrected chi connectivity index (χ2v) is 17.3. The smallest absolute Gasteiger partial charge is 0.261 e. The highest BCUT2D eigenvalue weighted by Gasteiger charge is 2.60. The zero-order valence-electron chi connectivity index (χ0n) is 24.1. The summed E-state index contributed by atoms with van der Waals surface area (Å²) < 4.78 is 33.3. The van der Waals surface area contributed by atoms with Gasteiger partial charge in [-0.25, -0.2) is 0 Å². The van der Waals surface area contributed by atoms with E-state index in [4.69, 9.17) is 23.4 Å². The minimum Gasteiger partial charge on any atom is -0.405 e. The van der Waals surface area contributed by atoms with E-state index in [-0.39, 0.29) is 29.3 Å². The van der Waals surface area contributed by atoms with E-state index in [0.717, 1.165) is 25.5 Å². The molecule has 6 rings (SSSR count). The van der Waals surface area contributed by atoms with Crippen LogP contribution in [0.15, 0.2) is 72.8 Å². The summed E-state index contributed by atoms with van der Waals surface area (Å²) in [5, 5.41) is 2.45. The number of carbonyl (C=O) groups excluding carboxylic acids is 1. The highest BCUT2D eigenvalue weighted by Crippen LogP contribution is 2.52. The lowest BCUT2D eigenvalue weighted by molar-refractivity contribution is -0.355. The Hall–Kier alpha value is -2.13. The molecule has 0 N–H and O–H groups in total. The molecule has 2 spiro atoms. The van der Waals surface area contributed by atoms with E-state index < -0.39 is 26.0 Å². The van der Waals surface area contributed by atoms with Crippen molar-refractivity contribution in [3.8, 4) is 0 Å². The number of hydrogen-bond donors (Lipinski definition) is 0. The molecule has 0 unspecified atom stereocenters. The topological polar surface area (TPSA) is 63.2 Å². The Morgan fingerprint density at radius 1 is 0.950 bits per heavy atom. The van der Waals surface area contributed by atoms with Gasteiger partial charge < -0.3 is 28.2 Å². The Morgan fingerprint density at radius 2 is 1.62 bits per heavy atom. The standard InChI is InChI=1S/C33H42O6Si/c1-24-20-29-30(38-33(24)19-18-32(39-33)17-11-12-25(22-34)37-32)21-26(36-29)23-35-40(31(2,3)4,27-13-7-5-8-14-27)28-15-9-6-10-16-28/h5-11,13-17,22,24-26,29-30H,12,18-21,23H2,1-4H3/t24-,25-,26+,29-,30-,32-,33-/m0/s1. The molecule has 0 bridgehead atoms. The fourth-order valence-corrected chi connectivity index (χ4v) is 11.9. The molecule has 6 nitrogen and oxygen atoms in total. The van der Waals surface area contributed by atoms with Gasteiger partial charge in [-0.15, -0.1) is 0 Å². The molecule has 3 fully saturated rings. The van der Waals surface area contributed by atoms with Gasteiger partial charge in [-0.05, 0) is 34.3 Å². The number of rotatable bonds is 6. The van der Waals surface area contributed by atoms with Gasteiger partial charge in [0.05, 0.1) is 24.9 Å². The van der Waals surface area contributed by atoms with Crippen LogP contribution in [0.2, 0.25) is 5.04 Å². The molecular formula is C33H42O6Si. The highest BCUT2D eigenvalue weighted by atomic mass is 28.4. The van der Waals surface area contributed by atoms with E-state index >= 15 is 0 Å². The Balaban J connectivity index is 1.20. The van der Waals surface area contributed by atoms with Gasteiger partial charge in [0.1, 0.15) is 12.4 Å². The van der Waals surface area contributed by atoms with Gasteiger partial charge in [0.2, 0.25) is 0 Å². The van der Waals surface area contributed by atoms with Crippen LogP contribution in [-0.4, -0.2) is 57.2 Å². The molecule has 2 aromatic carbocycles. The molecule has 214 valence electrons. The van der Waals surface area contributed by atoms with E-state index in [2.05, 4.69) is 88.4 Å². The van der Waals surface area contributed by atoms with Crippen molar-refractivity contribution in [1.29, 1.82) is 0 Å². The molecule has 7 heteroatoms. The van der Waals surface area contributed by atoms with Gasteiger partial charge in [0.15, 0.2) is 11.6 Å². The largest absolute Gasteiger partial charge is 0.405 e. The number of ether oxygens (including phenoxy) is 4. The van der Waals surface area contributed by atoms with E-state index in [1.807, 2.05) is 12.2 Å². The monoisotopic (exact) mass is 562 g/mol. The number of benzene rings is 2. The van der Waals surface area contributed by atoms with Crippen LogP contribution < -0.4 is 10.4 Å². The van der Waals surface area contributed by atoms with Crippen molar-refractivity contribution in [1.82, 2.24) is 0 Å². The molecule has 7 atom stereocenters. The van der Waals surface area contributed by atoms with Gasteiger partial charge in [0, 0.05) is 25.2 Å². The Labute approximate surface area is 239 Å². The molecule has 0 saturated carbocycles. The van der Waals surface area contributed by atoms with Gasteiger partial charge in [-0.2, -0.15) is 0 Å². The van der Waals surface area contributed by atoms with Crippen LogP contribution in [0.25, 0.3) is 0 Å². The lowest BCUT2D eigenvalue weighted by atomic mass is 9.86. The van der Waals surface area contributed by atoms with Crippen LogP contribution in [-0.2, 0) is 28.2 Å². The van der Waals surface area contributed by atoms with Crippen molar-refractivity contribution in [2.75, 3.05) is 6.61 Å². The van der Waals surface area contributed by atoms with Crippen molar-refractivity contribution >= 4 is 25.0 Å². The van der Waals surface area contributed by atoms with Crippen LogP contribution in [0, 0.1) is 5.92 Å². The van der Waals surface area contributed by atoms with Crippen molar-refractivity contribution in [3.05, 3.63) is 72.8 Å². The predicted molar refractivity (Wildman–Crippen MR) is 156 cm³/mol. The molecule has 0 aromatic heterocycles. The van der Waals surface area contributed by atoms with E-state index in [1.165, 1.54) is 10.4 Å². The first-order valence-corrected chi connectivity index (χ1v) is 16.7. The first kappa shape index (κ1) is 28.0. The van der Waals surface area contributed by atoms with Gasteiger partial charge >= 0.3 is 0 Å². The second-order valence-electron chi connectivity index (χ2n) is 13.0. The average molecular weight is 563 g/mol. The average Bonchev–Trinajstić information content (AvgIpc) is 3.50. The van der Waals surface area contributed by atoms with Crippen LogP contribution in [0.1, 0.15) is 59.8 Å². The molecule has 2 aromatic rings. The third-order valence-corrected chi connectivity index (χ3v) is 14.3. The van der Waals surface area contributed by atoms with E-state index in [9.17, 15) is 4.79 Å². The first-order chi connectivity index (χ1) is 19.2. The third kappa shape index (κ3) is 4.84. The highest BCUT2D eigenvalue weighted by molar-refractivity contribution is 6.99. The summed E-state index contributed by atoms with van der Waals surface area (Å²) in [5.41, 5.74) is 0. The van der Waals surface area contributed by atoms with Crippen molar-refractivity contribution < 1.29 is 28.2 Å². The Kier molecular flexibility index (Phi) is 7.43. The van der Waals surface area contributed by atoms with E-state index in [0.29, 0.717) is 19.4 Å². The molecule has 3 saturated heterocycles. The van der Waals surface area contributed by atoms with Gasteiger partial charge in [0.25, 0.3) is 8.32 Å². The Morgan fingerprint density at radius 3 is 2.25 bits per heavy atom. The van der Waals surface area contributed by atoms with Crippen LogP contribution in [0.4, 0.5) is 0 Å². The summed E-state index contributed by atoms with van der Waals surface area (Å²) in [4.78, 5) is 11.4. The fourth-order valence-electron chi connectivity index (χ4n) is 7.30. The van der Waals surface area contributed by atoms with Crippen molar-refractivity contribution in [3.63, 3.8) is 0 Å². The zero-order chi connectivity index (χ0) is 28.0. The summed E-state index contributed by atoms with van der Waals surface area (Å²) >= 11 is 0. The lowest BCUT2D eigenvalue weighted by Gasteiger charge is -2.45. The second kappa shape index (κ2) is 10.6. The number of fused-ring (bicyclic) bond motifs is 1. The minimum absolute atomic E-state index is 0.0130. The molecular weight excluding hydrogens is 520 g/mol. The number of aldehydes is 1. The molecule has 0 amide bonds. The predicted octanol–water partition coefficient (Wildman–Crippen LogP) is 4.89. The van der Waals surface area contributed by atoms with Crippen molar-refractivity contribution in [2.45, 2.75) is 101 Å². The Bertz CT molecular complexity index is 1170. The minimum atomic E-state index is -2.65. The number of hydrogen-bond acceptors (Lipinski definition) is 6. The third-order valence-electron chi connectivity index (χ3n) is 9.28. The summed E-state index contributed by atoms with van der Waals surface area (Å²) in [6, 6.07) is 21.5. The van der Waals surface area contributed by atoms with Gasteiger partial charge in [-0.3, -0.25) is 0 Å². The van der Waals surface area contributed by atoms with Crippen LogP contribution in [0.5, 0.6) is 0 Å². The maximum absolute atomic E-state index is 11.4. The molecule has 0 aliphatic carbocycles. The summed E-state index contributed by atoms with van der Waals surface area (Å²) in [5.74, 6) is -1.47. The summed E-state index contributed by atoms with van der Waals surface area (Å²) in [6.45, 7) is 9.59. The molecule has 4 aliphatic heterocycles. The molecule has 4 aliphatic rings. The quantitative estimate of drug-likeness (QED) is 0.284. The van der Waals surface area contributed by atoms with Crippen LogP contribution >= 0.6 is 0 Å². The molecule has 0 radical (unpaired) electrons. The maximum atomic E-state index is 11.4. The summed E-state index contributed by atoms with van der Waals surface area (Å²) in [6.07, 6.45) is 7.87. The van der Waals surface area contributed by atoms with Crippen molar-refractivity contribution in [2.24, 2.45) is 5.92 Å². The van der Waals surface area contributed by atoms with E-state index in [1.54, 1.807) is 0 Å². The molecule has 4 heterocycles. The fraction of sp³-hybridized carbons (Fsp3) is 0.545. The maximum Gasteiger partial charge on any atom is 0.261 e. The lowest BCUT2D eigenvalue weighted by Crippen LogP contribution is -2.67. The molecule has 40 heavy (non-hydrogen) atoms. The van der Waals surface area contributed by atoms with Crippen LogP contribution in [0.3, 0.4) is 0 Å².